The summed E-state index contributed by atoms with van der Waals surface area (Å²) in [5, 5.41) is 19.5. The molecule has 1 saturated carbocycles. The average Bonchev–Trinajstić information content (AvgIpc) is 3.04. The Morgan fingerprint density at radius 3 is 2.38 bits per heavy atom. The maximum atomic E-state index is 9.55. The van der Waals surface area contributed by atoms with Crippen molar-refractivity contribution in [1.82, 2.24) is 14.9 Å². The van der Waals surface area contributed by atoms with Gasteiger partial charge >= 0.3 is 11.9 Å². The highest BCUT2D eigenvalue weighted by atomic mass is 16.4. The van der Waals surface area contributed by atoms with Gasteiger partial charge in [0.2, 0.25) is 0 Å². The minimum atomic E-state index is -1.26. The second-order valence-electron chi connectivity index (χ2n) is 6.88. The zero-order valence-electron chi connectivity index (χ0n) is 15.4. The van der Waals surface area contributed by atoms with Crippen molar-refractivity contribution in [2.45, 2.75) is 76.9 Å². The minimum absolute atomic E-state index is 0.558. The monoisotopic (exact) mass is 363 g/mol. The topological polar surface area (TPSA) is 104 Å². The van der Waals surface area contributed by atoms with Gasteiger partial charge in [-0.15, -0.1) is 0 Å². The van der Waals surface area contributed by atoms with Crippen LogP contribution in [-0.2, 0) is 29.0 Å². The van der Waals surface area contributed by atoms with Gasteiger partial charge < -0.3 is 20.1 Å². The number of aryl methyl sites for hydroxylation is 1. The summed E-state index contributed by atoms with van der Waals surface area (Å²) in [5.41, 5.74) is 2.83. The molecule has 1 fully saturated rings. The predicted octanol–water partition coefficient (Wildman–Crippen LogP) is 2.39. The van der Waals surface area contributed by atoms with Crippen LogP contribution in [0, 0.1) is 0 Å². The van der Waals surface area contributed by atoms with Crippen LogP contribution in [0.4, 0.5) is 0 Å². The van der Waals surface area contributed by atoms with Crippen LogP contribution >= 0.6 is 0 Å². The van der Waals surface area contributed by atoms with Crippen LogP contribution in [0.5, 0.6) is 0 Å². The molecule has 0 spiro atoms. The molecule has 7 nitrogen and oxygen atoms in total. The van der Waals surface area contributed by atoms with E-state index in [2.05, 4.69) is 21.8 Å². The summed E-state index contributed by atoms with van der Waals surface area (Å²) in [6.45, 7) is 3.26. The molecular weight excluding hydrogens is 334 g/mol. The first-order valence-electron chi connectivity index (χ1n) is 9.42. The SMILES string of the molecule is CCn1cnc2c1CCC(NC1CCCCC1)C2.O=C(O)/C=C/C(=O)O. The van der Waals surface area contributed by atoms with E-state index in [1.165, 1.54) is 56.3 Å². The van der Waals surface area contributed by atoms with Crippen molar-refractivity contribution < 1.29 is 19.8 Å². The molecule has 0 aliphatic heterocycles. The first-order chi connectivity index (χ1) is 12.5. The Kier molecular flexibility index (Phi) is 7.84. The molecule has 26 heavy (non-hydrogen) atoms. The van der Waals surface area contributed by atoms with E-state index >= 15 is 0 Å². The third kappa shape index (κ3) is 6.29. The largest absolute Gasteiger partial charge is 0.478 e. The predicted molar refractivity (Wildman–Crippen MR) is 98.1 cm³/mol. The highest BCUT2D eigenvalue weighted by Crippen LogP contribution is 2.23. The Labute approximate surface area is 154 Å². The Balaban J connectivity index is 0.000000260. The van der Waals surface area contributed by atoms with Crippen molar-refractivity contribution in [3.63, 3.8) is 0 Å². The fourth-order valence-corrected chi connectivity index (χ4v) is 3.71. The van der Waals surface area contributed by atoms with E-state index in [0.717, 1.165) is 19.0 Å². The van der Waals surface area contributed by atoms with E-state index < -0.39 is 11.9 Å². The van der Waals surface area contributed by atoms with Crippen molar-refractivity contribution in [1.29, 1.82) is 0 Å². The number of nitrogens with one attached hydrogen (secondary N) is 1. The summed E-state index contributed by atoms with van der Waals surface area (Å²) >= 11 is 0. The smallest absolute Gasteiger partial charge is 0.328 e. The first-order valence-corrected chi connectivity index (χ1v) is 9.42. The van der Waals surface area contributed by atoms with Crippen molar-refractivity contribution in [2.75, 3.05) is 0 Å². The first kappa shape index (κ1) is 20.2. The molecule has 0 radical (unpaired) electrons. The van der Waals surface area contributed by atoms with Crippen molar-refractivity contribution >= 4 is 11.9 Å². The van der Waals surface area contributed by atoms with Gasteiger partial charge in [-0.2, -0.15) is 0 Å². The molecular formula is C19H29N3O4. The standard InChI is InChI=1S/C15H25N3.C4H4O4/c1-2-18-11-16-14-10-13(8-9-15(14)18)17-12-6-4-3-5-7-12;5-3(6)1-2-4(7)8/h11-13,17H,2-10H2,1H3;1-2H,(H,5,6)(H,7,8)/b;2-1+. The van der Waals surface area contributed by atoms with Gasteiger partial charge in [0.25, 0.3) is 0 Å². The summed E-state index contributed by atoms with van der Waals surface area (Å²) in [7, 11) is 0. The summed E-state index contributed by atoms with van der Waals surface area (Å²) in [4.78, 5) is 23.7. The van der Waals surface area contributed by atoms with Gasteiger partial charge in [0.15, 0.2) is 0 Å². The zero-order chi connectivity index (χ0) is 18.9. The number of hydrogen-bond acceptors (Lipinski definition) is 4. The third-order valence-corrected chi connectivity index (χ3v) is 4.99. The second-order valence-corrected chi connectivity index (χ2v) is 6.88. The van der Waals surface area contributed by atoms with Crippen molar-refractivity contribution in [3.8, 4) is 0 Å². The highest BCUT2D eigenvalue weighted by Gasteiger charge is 2.24. The number of carboxylic acid groups (broad SMARTS) is 2. The molecule has 1 heterocycles. The summed E-state index contributed by atoms with van der Waals surface area (Å²) in [6, 6.07) is 1.44. The number of aliphatic carboxylic acids is 2. The Morgan fingerprint density at radius 2 is 1.81 bits per heavy atom. The van der Waals surface area contributed by atoms with Crippen LogP contribution in [-0.4, -0.2) is 43.8 Å². The van der Waals surface area contributed by atoms with Crippen LogP contribution < -0.4 is 5.32 Å². The van der Waals surface area contributed by atoms with Crippen LogP contribution in [0.3, 0.4) is 0 Å². The number of aromatic nitrogens is 2. The molecule has 1 unspecified atom stereocenters. The molecule has 0 saturated heterocycles. The van der Waals surface area contributed by atoms with E-state index in [1.54, 1.807) is 0 Å². The molecule has 2 aliphatic carbocycles. The van der Waals surface area contributed by atoms with Gasteiger partial charge in [0.05, 0.1) is 12.0 Å². The van der Waals surface area contributed by atoms with Crippen LogP contribution in [0.15, 0.2) is 18.5 Å². The average molecular weight is 363 g/mol. The van der Waals surface area contributed by atoms with Gasteiger partial charge in [-0.1, -0.05) is 19.3 Å². The lowest BCUT2D eigenvalue weighted by Crippen LogP contribution is -2.42. The van der Waals surface area contributed by atoms with Crippen LogP contribution in [0.1, 0.15) is 56.8 Å². The van der Waals surface area contributed by atoms with Gasteiger partial charge in [0.1, 0.15) is 0 Å². The summed E-state index contributed by atoms with van der Waals surface area (Å²) in [5.74, 6) is -2.51. The number of nitrogens with zero attached hydrogens (tertiary/aromatic N) is 2. The molecule has 3 rings (SSSR count). The lowest BCUT2D eigenvalue weighted by atomic mass is 9.91. The normalized spacial score (nSPS) is 20.3. The van der Waals surface area contributed by atoms with Gasteiger partial charge in [0, 0.05) is 42.9 Å². The fourth-order valence-electron chi connectivity index (χ4n) is 3.71. The van der Waals surface area contributed by atoms with E-state index in [9.17, 15) is 9.59 Å². The molecule has 0 amide bonds. The number of imidazole rings is 1. The molecule has 1 aromatic rings. The molecule has 2 aliphatic rings. The number of fused-ring (bicyclic) bond motifs is 1. The lowest BCUT2D eigenvalue weighted by Gasteiger charge is -2.30. The molecule has 0 bridgehead atoms. The van der Waals surface area contributed by atoms with Gasteiger partial charge in [-0.25, -0.2) is 14.6 Å². The number of carbonyl (C=O) groups is 2. The third-order valence-electron chi connectivity index (χ3n) is 4.99. The molecule has 7 heteroatoms. The highest BCUT2D eigenvalue weighted by molar-refractivity contribution is 5.89. The van der Waals surface area contributed by atoms with Crippen molar-refractivity contribution in [3.05, 3.63) is 29.9 Å². The number of rotatable bonds is 5. The van der Waals surface area contributed by atoms with E-state index in [0.29, 0.717) is 18.2 Å². The van der Waals surface area contributed by atoms with Crippen LogP contribution in [0.2, 0.25) is 0 Å². The molecule has 1 aromatic heterocycles. The summed E-state index contributed by atoms with van der Waals surface area (Å²) < 4.78 is 2.31. The lowest BCUT2D eigenvalue weighted by molar-refractivity contribution is -0.134. The number of carboxylic acids is 2. The van der Waals surface area contributed by atoms with Gasteiger partial charge in [-0.3, -0.25) is 0 Å². The zero-order valence-corrected chi connectivity index (χ0v) is 15.4. The van der Waals surface area contributed by atoms with E-state index in [1.807, 2.05) is 6.33 Å². The van der Waals surface area contributed by atoms with Gasteiger partial charge in [-0.05, 0) is 32.6 Å². The summed E-state index contributed by atoms with van der Waals surface area (Å²) in [6.07, 6.45) is 13.8. The Morgan fingerprint density at radius 1 is 1.15 bits per heavy atom. The number of hydrogen-bond donors (Lipinski definition) is 3. The van der Waals surface area contributed by atoms with Crippen LogP contribution in [0.25, 0.3) is 0 Å². The maximum absolute atomic E-state index is 9.55. The van der Waals surface area contributed by atoms with Crippen molar-refractivity contribution in [2.24, 2.45) is 0 Å². The second kappa shape index (κ2) is 10.1. The molecule has 1 atom stereocenters. The maximum Gasteiger partial charge on any atom is 0.328 e. The Bertz CT molecular complexity index is 617. The molecule has 0 aromatic carbocycles. The Hall–Kier alpha value is -2.15. The van der Waals surface area contributed by atoms with E-state index in [-0.39, 0.29) is 0 Å². The quantitative estimate of drug-likeness (QED) is 0.694. The minimum Gasteiger partial charge on any atom is -0.478 e. The fraction of sp³-hybridized carbons (Fsp3) is 0.632. The molecule has 3 N–H and O–H groups in total. The molecule has 144 valence electrons. The van der Waals surface area contributed by atoms with E-state index in [4.69, 9.17) is 10.2 Å².